The van der Waals surface area contributed by atoms with Gasteiger partial charge in [-0.1, -0.05) is 24.3 Å². The summed E-state index contributed by atoms with van der Waals surface area (Å²) in [4.78, 5) is 44.2. The molecule has 0 radical (unpaired) electrons. The molecule has 3 heterocycles. The molecular weight excluding hydrogens is 508 g/mol. The van der Waals surface area contributed by atoms with Crippen LogP contribution in [0.2, 0.25) is 0 Å². The van der Waals surface area contributed by atoms with E-state index < -0.39 is 0 Å². The number of hydrogen-bond donors (Lipinski definition) is 0. The molecule has 0 saturated carbocycles. The number of likely N-dealkylation sites (tertiary alicyclic amines) is 1. The van der Waals surface area contributed by atoms with Gasteiger partial charge in [-0.05, 0) is 49.6 Å². The summed E-state index contributed by atoms with van der Waals surface area (Å²) >= 11 is 0. The Balaban J connectivity index is 1.12. The molecule has 5 rings (SSSR count). The Labute approximate surface area is 234 Å². The van der Waals surface area contributed by atoms with Crippen LogP contribution in [-0.4, -0.2) is 83.7 Å². The minimum Gasteiger partial charge on any atom is -0.493 e. The Kier molecular flexibility index (Phi) is 8.69. The number of aryl methyl sites for hydroxylation is 1. The van der Waals surface area contributed by atoms with Crippen LogP contribution in [0, 0.1) is 5.92 Å². The monoisotopic (exact) mass is 546 g/mol. The van der Waals surface area contributed by atoms with Crippen LogP contribution < -0.4 is 10.2 Å². The molecule has 2 amide bonds. The maximum atomic E-state index is 13.4. The van der Waals surface area contributed by atoms with Crippen molar-refractivity contribution >= 4 is 22.9 Å². The number of pyridine rings is 1. The first kappa shape index (κ1) is 27.7. The number of nitrogens with zero attached hydrogens (tertiary/aromatic N) is 4. The summed E-state index contributed by atoms with van der Waals surface area (Å²) in [6, 6.07) is 15.5. The second-order valence-electron chi connectivity index (χ2n) is 10.7. The van der Waals surface area contributed by atoms with Crippen LogP contribution in [-0.2, 0) is 18.3 Å². The number of carbonyl (C=O) groups excluding carboxylic acids is 2. The van der Waals surface area contributed by atoms with Crippen LogP contribution in [0.5, 0.6) is 5.75 Å². The molecule has 2 fully saturated rings. The maximum Gasteiger partial charge on any atom is 0.409 e. The van der Waals surface area contributed by atoms with Crippen LogP contribution in [0.15, 0.2) is 59.5 Å². The standard InChI is InChI=1S/C31H38N4O5/c1-3-39-31(38)34-17-15-33(16-18-34)19-23-10-12-25(13-11-23)40-22-24-7-6-14-35(20-24)30(37)27-21-32(2)28-9-5-4-8-26(28)29(27)36/h4-5,8-13,21,24H,3,6-7,14-20,22H2,1-2H3. The summed E-state index contributed by atoms with van der Waals surface area (Å²) in [5.74, 6) is 0.809. The van der Waals surface area contributed by atoms with Crippen LogP contribution >= 0.6 is 0 Å². The molecule has 0 N–H and O–H groups in total. The fourth-order valence-electron chi connectivity index (χ4n) is 5.62. The van der Waals surface area contributed by atoms with Crippen LogP contribution in [0.25, 0.3) is 10.9 Å². The van der Waals surface area contributed by atoms with E-state index in [-0.39, 0.29) is 28.9 Å². The molecule has 2 aromatic carbocycles. The average molecular weight is 547 g/mol. The zero-order valence-electron chi connectivity index (χ0n) is 23.4. The molecular formula is C31H38N4O5. The number of piperazine rings is 1. The second-order valence-corrected chi connectivity index (χ2v) is 10.7. The third-order valence-electron chi connectivity index (χ3n) is 7.85. The van der Waals surface area contributed by atoms with Crippen molar-refractivity contribution in [2.75, 3.05) is 52.5 Å². The molecule has 2 aliphatic heterocycles. The van der Waals surface area contributed by atoms with Gasteiger partial charge in [0.05, 0.1) is 18.7 Å². The molecule has 0 aliphatic carbocycles. The smallest absolute Gasteiger partial charge is 0.409 e. The fraction of sp³-hybridized carbons (Fsp3) is 0.452. The van der Waals surface area contributed by atoms with E-state index in [9.17, 15) is 14.4 Å². The van der Waals surface area contributed by atoms with Gasteiger partial charge in [-0.2, -0.15) is 0 Å². The highest BCUT2D eigenvalue weighted by molar-refractivity contribution is 5.97. The van der Waals surface area contributed by atoms with Gasteiger partial charge in [0.2, 0.25) is 5.43 Å². The number of ether oxygens (including phenoxy) is 2. The van der Waals surface area contributed by atoms with Crippen LogP contribution in [0.4, 0.5) is 4.79 Å². The van der Waals surface area contributed by atoms with Gasteiger partial charge in [-0.15, -0.1) is 0 Å². The van der Waals surface area contributed by atoms with Gasteiger partial charge in [0.25, 0.3) is 5.91 Å². The van der Waals surface area contributed by atoms with Crippen LogP contribution in [0.1, 0.15) is 35.7 Å². The highest BCUT2D eigenvalue weighted by Crippen LogP contribution is 2.22. The Bertz CT molecular complexity index is 1400. The molecule has 0 spiro atoms. The maximum absolute atomic E-state index is 13.4. The number of aromatic nitrogens is 1. The lowest BCUT2D eigenvalue weighted by molar-refractivity contribution is 0.0631. The van der Waals surface area contributed by atoms with E-state index in [0.29, 0.717) is 44.8 Å². The van der Waals surface area contributed by atoms with Gasteiger partial charge in [0.15, 0.2) is 0 Å². The molecule has 9 heteroatoms. The van der Waals surface area contributed by atoms with Crippen molar-refractivity contribution in [3.05, 3.63) is 76.1 Å². The van der Waals surface area contributed by atoms with Crippen molar-refractivity contribution in [3.63, 3.8) is 0 Å². The average Bonchev–Trinajstić information content (AvgIpc) is 2.99. The van der Waals surface area contributed by atoms with E-state index in [1.807, 2.05) is 48.9 Å². The number of fused-ring (bicyclic) bond motifs is 1. The third-order valence-corrected chi connectivity index (χ3v) is 7.85. The second kappa shape index (κ2) is 12.6. The normalized spacial score (nSPS) is 18.1. The molecule has 3 aromatic rings. The largest absolute Gasteiger partial charge is 0.493 e. The van der Waals surface area contributed by atoms with E-state index >= 15 is 0 Å². The molecule has 1 unspecified atom stereocenters. The lowest BCUT2D eigenvalue weighted by Crippen LogP contribution is -2.48. The topological polar surface area (TPSA) is 84.3 Å². The quantitative estimate of drug-likeness (QED) is 0.449. The number of amides is 2. The zero-order chi connectivity index (χ0) is 28.1. The van der Waals surface area contributed by atoms with E-state index in [1.165, 1.54) is 5.56 Å². The summed E-state index contributed by atoms with van der Waals surface area (Å²) in [6.45, 7) is 7.78. The molecule has 1 atom stereocenters. The third kappa shape index (κ3) is 6.31. The lowest BCUT2D eigenvalue weighted by atomic mass is 9.98. The number of benzene rings is 2. The van der Waals surface area contributed by atoms with Crippen molar-refractivity contribution in [2.24, 2.45) is 13.0 Å². The van der Waals surface area contributed by atoms with Gasteiger partial charge in [-0.3, -0.25) is 14.5 Å². The van der Waals surface area contributed by atoms with Gasteiger partial charge in [0, 0.05) is 70.4 Å². The number of hydrogen-bond acceptors (Lipinski definition) is 6. The van der Waals surface area contributed by atoms with Gasteiger partial charge < -0.3 is 23.8 Å². The van der Waals surface area contributed by atoms with E-state index in [4.69, 9.17) is 9.47 Å². The number of rotatable bonds is 7. The fourth-order valence-corrected chi connectivity index (χ4v) is 5.62. The zero-order valence-corrected chi connectivity index (χ0v) is 23.4. The lowest BCUT2D eigenvalue weighted by Gasteiger charge is -2.34. The van der Waals surface area contributed by atoms with E-state index in [2.05, 4.69) is 17.0 Å². The Morgan fingerprint density at radius 3 is 2.45 bits per heavy atom. The summed E-state index contributed by atoms with van der Waals surface area (Å²) in [7, 11) is 1.86. The molecule has 9 nitrogen and oxygen atoms in total. The molecule has 1 aromatic heterocycles. The van der Waals surface area contributed by atoms with E-state index in [0.717, 1.165) is 43.7 Å². The summed E-state index contributed by atoms with van der Waals surface area (Å²) in [5.41, 5.74) is 2.03. The minimum atomic E-state index is -0.230. The van der Waals surface area contributed by atoms with Crippen molar-refractivity contribution in [3.8, 4) is 5.75 Å². The molecule has 2 saturated heterocycles. The Morgan fingerprint density at radius 1 is 0.950 bits per heavy atom. The minimum absolute atomic E-state index is 0.205. The van der Waals surface area contributed by atoms with Crippen molar-refractivity contribution in [1.29, 1.82) is 0 Å². The Hall–Kier alpha value is -3.85. The predicted octanol–water partition coefficient (Wildman–Crippen LogP) is 3.74. The summed E-state index contributed by atoms with van der Waals surface area (Å²) in [6.07, 6.45) is 3.30. The number of carbonyl (C=O) groups is 2. The van der Waals surface area contributed by atoms with Crippen molar-refractivity contribution in [2.45, 2.75) is 26.3 Å². The van der Waals surface area contributed by atoms with Crippen molar-refractivity contribution < 1.29 is 19.1 Å². The molecule has 2 aliphatic rings. The van der Waals surface area contributed by atoms with Gasteiger partial charge in [0.1, 0.15) is 11.3 Å². The van der Waals surface area contributed by atoms with E-state index in [1.54, 1.807) is 22.1 Å². The Morgan fingerprint density at radius 2 is 1.70 bits per heavy atom. The predicted molar refractivity (Wildman–Crippen MR) is 154 cm³/mol. The highest BCUT2D eigenvalue weighted by Gasteiger charge is 2.27. The number of para-hydroxylation sites is 1. The highest BCUT2D eigenvalue weighted by atomic mass is 16.6. The first-order chi connectivity index (χ1) is 19.4. The molecule has 212 valence electrons. The SMILES string of the molecule is CCOC(=O)N1CCN(Cc2ccc(OCC3CCCN(C(=O)c4cn(C)c5ccccc5c4=O)C3)cc2)CC1. The van der Waals surface area contributed by atoms with Gasteiger partial charge >= 0.3 is 6.09 Å². The number of piperidine rings is 1. The first-order valence-electron chi connectivity index (χ1n) is 14.2. The first-order valence-corrected chi connectivity index (χ1v) is 14.2. The molecule has 40 heavy (non-hydrogen) atoms. The summed E-state index contributed by atoms with van der Waals surface area (Å²) < 4.78 is 13.1. The molecule has 0 bridgehead atoms. The van der Waals surface area contributed by atoms with Gasteiger partial charge in [-0.25, -0.2) is 4.79 Å². The van der Waals surface area contributed by atoms with Crippen LogP contribution in [0.3, 0.4) is 0 Å². The summed E-state index contributed by atoms with van der Waals surface area (Å²) in [5, 5.41) is 0.565. The van der Waals surface area contributed by atoms with Crippen molar-refractivity contribution in [1.82, 2.24) is 19.3 Å².